The molecule has 138 valence electrons. The van der Waals surface area contributed by atoms with Crippen molar-refractivity contribution in [1.29, 1.82) is 0 Å². The number of hydrogen-bond donors (Lipinski definition) is 0. The van der Waals surface area contributed by atoms with Crippen molar-refractivity contribution >= 4 is 27.5 Å². The van der Waals surface area contributed by atoms with Gasteiger partial charge in [-0.25, -0.2) is 8.42 Å². The van der Waals surface area contributed by atoms with Crippen LogP contribution in [0.5, 0.6) is 0 Å². The van der Waals surface area contributed by atoms with E-state index in [4.69, 9.17) is 16.3 Å². The fourth-order valence-electron chi connectivity index (χ4n) is 3.32. The quantitative estimate of drug-likeness (QED) is 0.799. The molecule has 6 nitrogen and oxygen atoms in total. The van der Waals surface area contributed by atoms with Crippen molar-refractivity contribution in [3.63, 3.8) is 0 Å². The molecule has 2 fully saturated rings. The van der Waals surface area contributed by atoms with Gasteiger partial charge in [-0.2, -0.15) is 4.31 Å². The van der Waals surface area contributed by atoms with Gasteiger partial charge in [0.15, 0.2) is 0 Å². The van der Waals surface area contributed by atoms with E-state index in [1.54, 1.807) is 11.0 Å². The summed E-state index contributed by atoms with van der Waals surface area (Å²) in [5.41, 5.74) is 0.366. The van der Waals surface area contributed by atoms with Gasteiger partial charge in [0.2, 0.25) is 10.0 Å². The Hall–Kier alpha value is -1.15. The molecule has 2 saturated heterocycles. The molecule has 25 heavy (non-hydrogen) atoms. The van der Waals surface area contributed by atoms with Crippen molar-refractivity contribution in [2.24, 2.45) is 5.92 Å². The summed E-state index contributed by atoms with van der Waals surface area (Å²) in [6.45, 7) is 4.84. The molecule has 1 atom stereocenters. The maximum Gasteiger partial charge on any atom is 0.253 e. The van der Waals surface area contributed by atoms with Gasteiger partial charge in [0.05, 0.1) is 18.2 Å². The predicted octanol–water partition coefficient (Wildman–Crippen LogP) is 2.23. The Morgan fingerprint density at radius 1 is 1.24 bits per heavy atom. The molecule has 0 radical (unpaired) electrons. The van der Waals surface area contributed by atoms with Crippen LogP contribution in [0.3, 0.4) is 0 Å². The number of halogens is 1. The first-order valence-electron chi connectivity index (χ1n) is 8.56. The third-order valence-corrected chi connectivity index (χ3v) is 7.09. The van der Waals surface area contributed by atoms with Crippen molar-refractivity contribution in [3.05, 3.63) is 28.8 Å². The second kappa shape index (κ2) is 7.61. The lowest BCUT2D eigenvalue weighted by atomic mass is 9.99. The predicted molar refractivity (Wildman–Crippen MR) is 95.3 cm³/mol. The number of sulfonamides is 1. The zero-order valence-electron chi connectivity index (χ0n) is 14.3. The van der Waals surface area contributed by atoms with Crippen LogP contribution in [0.2, 0.25) is 5.02 Å². The maximum atomic E-state index is 12.9. The molecule has 0 N–H and O–H groups in total. The van der Waals surface area contributed by atoms with Gasteiger partial charge in [0.1, 0.15) is 4.90 Å². The number of rotatable bonds is 3. The highest BCUT2D eigenvalue weighted by Crippen LogP contribution is 2.27. The molecule has 2 heterocycles. The number of benzene rings is 1. The monoisotopic (exact) mass is 386 g/mol. The smallest absolute Gasteiger partial charge is 0.253 e. The topological polar surface area (TPSA) is 66.9 Å². The van der Waals surface area contributed by atoms with Crippen LogP contribution in [-0.2, 0) is 14.8 Å². The first-order valence-corrected chi connectivity index (χ1v) is 10.4. The van der Waals surface area contributed by atoms with Gasteiger partial charge in [-0.1, -0.05) is 18.5 Å². The molecule has 1 amide bonds. The summed E-state index contributed by atoms with van der Waals surface area (Å²) in [4.78, 5) is 14.6. The van der Waals surface area contributed by atoms with Gasteiger partial charge in [-0.15, -0.1) is 0 Å². The third-order valence-electron chi connectivity index (χ3n) is 4.71. The molecule has 3 rings (SSSR count). The summed E-state index contributed by atoms with van der Waals surface area (Å²) in [5.74, 6) is 0.322. The molecular weight excluding hydrogens is 364 g/mol. The number of hydrogen-bond acceptors (Lipinski definition) is 4. The number of likely N-dealkylation sites (tertiary alicyclic amines) is 1. The average molecular weight is 387 g/mol. The van der Waals surface area contributed by atoms with Crippen molar-refractivity contribution in [2.45, 2.75) is 24.7 Å². The van der Waals surface area contributed by atoms with Crippen molar-refractivity contribution in [3.8, 4) is 0 Å². The molecule has 8 heteroatoms. The molecule has 0 spiro atoms. The third kappa shape index (κ3) is 4.00. The van der Waals surface area contributed by atoms with Crippen LogP contribution >= 0.6 is 11.6 Å². The molecular formula is C17H23ClN2O4S. The molecule has 0 aromatic heterocycles. The summed E-state index contributed by atoms with van der Waals surface area (Å²) in [7, 11) is -3.74. The largest absolute Gasteiger partial charge is 0.379 e. The number of carbonyl (C=O) groups is 1. The number of nitrogens with zero attached hydrogens (tertiary/aromatic N) is 2. The lowest BCUT2D eigenvalue weighted by Crippen LogP contribution is -2.41. The SMILES string of the molecule is C[C@H]1CCCN(C(=O)c2ccc(Cl)c(S(=O)(=O)N3CCOCC3)c2)C1. The normalized spacial score (nSPS) is 22.8. The van der Waals surface area contributed by atoms with Crippen LogP contribution in [0.25, 0.3) is 0 Å². The van der Waals surface area contributed by atoms with Gasteiger partial charge in [0.25, 0.3) is 5.91 Å². The highest BCUT2D eigenvalue weighted by Gasteiger charge is 2.30. The second-order valence-corrected chi connectivity index (χ2v) is 8.97. The number of piperidine rings is 1. The summed E-state index contributed by atoms with van der Waals surface area (Å²) in [6.07, 6.45) is 2.08. The van der Waals surface area contributed by atoms with E-state index in [2.05, 4.69) is 6.92 Å². The van der Waals surface area contributed by atoms with Gasteiger partial charge < -0.3 is 9.64 Å². The van der Waals surface area contributed by atoms with E-state index in [1.807, 2.05) is 0 Å². The molecule has 1 aromatic carbocycles. The molecule has 0 bridgehead atoms. The van der Waals surface area contributed by atoms with Gasteiger partial charge >= 0.3 is 0 Å². The van der Waals surface area contributed by atoms with Crippen LogP contribution in [0.15, 0.2) is 23.1 Å². The Kier molecular flexibility index (Phi) is 5.68. The van der Waals surface area contributed by atoms with E-state index in [0.29, 0.717) is 50.9 Å². The first kappa shape index (κ1) is 18.6. The number of amides is 1. The van der Waals surface area contributed by atoms with E-state index in [-0.39, 0.29) is 15.8 Å². The molecule has 0 unspecified atom stereocenters. The minimum absolute atomic E-state index is 0.00743. The van der Waals surface area contributed by atoms with Crippen molar-refractivity contribution in [1.82, 2.24) is 9.21 Å². The van der Waals surface area contributed by atoms with Crippen LogP contribution in [0, 0.1) is 5.92 Å². The minimum Gasteiger partial charge on any atom is -0.379 e. The van der Waals surface area contributed by atoms with E-state index in [1.165, 1.54) is 16.4 Å². The van der Waals surface area contributed by atoms with Crippen molar-refractivity contribution < 1.29 is 17.9 Å². The first-order chi connectivity index (χ1) is 11.9. The number of ether oxygens (including phenoxy) is 1. The highest BCUT2D eigenvalue weighted by atomic mass is 35.5. The zero-order valence-corrected chi connectivity index (χ0v) is 15.9. The average Bonchev–Trinajstić information content (AvgIpc) is 2.62. The second-order valence-electron chi connectivity index (χ2n) is 6.66. The van der Waals surface area contributed by atoms with E-state index >= 15 is 0 Å². The molecule has 1 aromatic rings. The Labute approximate surface area is 153 Å². The van der Waals surface area contributed by atoms with Gasteiger partial charge in [-0.05, 0) is 37.0 Å². The summed E-state index contributed by atoms with van der Waals surface area (Å²) in [5, 5.41) is 0.134. The van der Waals surface area contributed by atoms with E-state index < -0.39 is 10.0 Å². The Morgan fingerprint density at radius 2 is 1.96 bits per heavy atom. The Balaban J connectivity index is 1.88. The summed E-state index contributed by atoms with van der Waals surface area (Å²) >= 11 is 6.15. The molecule has 2 aliphatic rings. The van der Waals surface area contributed by atoms with Gasteiger partial charge in [-0.3, -0.25) is 4.79 Å². The van der Waals surface area contributed by atoms with Gasteiger partial charge in [0, 0.05) is 31.7 Å². The number of carbonyl (C=O) groups excluding carboxylic acids is 1. The number of morpholine rings is 1. The standard InChI is InChI=1S/C17H23ClN2O4S/c1-13-3-2-6-19(12-13)17(21)14-4-5-15(18)16(11-14)25(22,23)20-7-9-24-10-8-20/h4-5,11,13H,2-3,6-10,12H2,1H3/t13-/m0/s1. The fourth-order valence-corrected chi connectivity index (χ4v) is 5.22. The van der Waals surface area contributed by atoms with Crippen molar-refractivity contribution in [2.75, 3.05) is 39.4 Å². The zero-order chi connectivity index (χ0) is 18.0. The van der Waals surface area contributed by atoms with E-state index in [0.717, 1.165) is 12.8 Å². The van der Waals surface area contributed by atoms with Crippen LogP contribution < -0.4 is 0 Å². The fraction of sp³-hybridized carbons (Fsp3) is 0.588. The van der Waals surface area contributed by atoms with E-state index in [9.17, 15) is 13.2 Å². The van der Waals surface area contributed by atoms with Crippen LogP contribution in [-0.4, -0.2) is 62.9 Å². The van der Waals surface area contributed by atoms with Crippen LogP contribution in [0.4, 0.5) is 0 Å². The molecule has 0 saturated carbocycles. The molecule has 2 aliphatic heterocycles. The maximum absolute atomic E-state index is 12.9. The Morgan fingerprint density at radius 3 is 2.64 bits per heavy atom. The Bertz CT molecular complexity index is 747. The van der Waals surface area contributed by atoms with Crippen LogP contribution in [0.1, 0.15) is 30.1 Å². The summed E-state index contributed by atoms with van der Waals surface area (Å²) in [6, 6.07) is 4.51. The lowest BCUT2D eigenvalue weighted by Gasteiger charge is -2.31. The lowest BCUT2D eigenvalue weighted by molar-refractivity contribution is 0.0682. The minimum atomic E-state index is -3.74. The molecule has 0 aliphatic carbocycles. The summed E-state index contributed by atoms with van der Waals surface area (Å²) < 4.78 is 32.3. The highest BCUT2D eigenvalue weighted by molar-refractivity contribution is 7.89.